The molecule has 7 heteroatoms. The highest BCUT2D eigenvalue weighted by molar-refractivity contribution is 6.30. The van der Waals surface area contributed by atoms with Gasteiger partial charge in [-0.3, -0.25) is 14.6 Å². The zero-order chi connectivity index (χ0) is 21.8. The van der Waals surface area contributed by atoms with Gasteiger partial charge in [-0.1, -0.05) is 46.2 Å². The van der Waals surface area contributed by atoms with Gasteiger partial charge in [-0.15, -0.1) is 0 Å². The Morgan fingerprint density at radius 2 is 2.00 bits per heavy atom. The van der Waals surface area contributed by atoms with Gasteiger partial charge < -0.3 is 10.2 Å². The minimum atomic E-state index is -1.29. The number of hydrogen-bond acceptors (Lipinski definition) is 4. The van der Waals surface area contributed by atoms with Crippen molar-refractivity contribution in [2.75, 3.05) is 6.54 Å². The molecular weight excluding hydrogens is 388 g/mol. The summed E-state index contributed by atoms with van der Waals surface area (Å²) in [6.07, 6.45) is 3.38. The van der Waals surface area contributed by atoms with Crippen LogP contribution < -0.4 is 5.32 Å². The number of nitrogens with zero attached hydrogens (tertiary/aromatic N) is 3. The van der Waals surface area contributed by atoms with E-state index in [1.165, 1.54) is 12.4 Å². The van der Waals surface area contributed by atoms with E-state index in [0.29, 0.717) is 29.5 Å². The number of nitriles is 1. The Morgan fingerprint density at radius 1 is 1.34 bits per heavy atom. The van der Waals surface area contributed by atoms with Gasteiger partial charge in [0.25, 0.3) is 0 Å². The highest BCUT2D eigenvalue weighted by Gasteiger charge is 2.69. The maximum Gasteiger partial charge on any atom is 0.244 e. The molecule has 1 unspecified atom stereocenters. The minimum absolute atomic E-state index is 0.0104. The third kappa shape index (κ3) is 3.98. The van der Waals surface area contributed by atoms with Crippen molar-refractivity contribution in [3.63, 3.8) is 0 Å². The Kier molecular flexibility index (Phi) is 5.20. The molecule has 1 aromatic rings. The highest BCUT2D eigenvalue weighted by atomic mass is 35.5. The zero-order valence-corrected chi connectivity index (χ0v) is 18.7. The van der Waals surface area contributed by atoms with Crippen LogP contribution in [0.3, 0.4) is 0 Å². The Bertz CT molecular complexity index is 886. The number of aromatic nitrogens is 1. The molecular formula is C22H29ClN4O2. The average molecular weight is 417 g/mol. The number of halogens is 1. The van der Waals surface area contributed by atoms with Crippen molar-refractivity contribution in [3.05, 3.63) is 29.0 Å². The second-order valence-electron chi connectivity index (χ2n) is 10.3. The fourth-order valence-electron chi connectivity index (χ4n) is 4.57. The molecule has 0 spiro atoms. The van der Waals surface area contributed by atoms with Crippen molar-refractivity contribution >= 4 is 23.4 Å². The predicted molar refractivity (Wildman–Crippen MR) is 111 cm³/mol. The van der Waals surface area contributed by atoms with Crippen LogP contribution in [0.15, 0.2) is 18.5 Å². The molecule has 1 N–H and O–H groups in total. The van der Waals surface area contributed by atoms with Gasteiger partial charge in [0.15, 0.2) is 5.54 Å². The lowest BCUT2D eigenvalue weighted by molar-refractivity contribution is -0.142. The third-order valence-corrected chi connectivity index (χ3v) is 6.56. The molecule has 4 atom stereocenters. The quantitative estimate of drug-likeness (QED) is 0.813. The van der Waals surface area contributed by atoms with Crippen molar-refractivity contribution in [2.24, 2.45) is 22.7 Å². The van der Waals surface area contributed by atoms with Crippen molar-refractivity contribution in [1.29, 1.82) is 5.26 Å². The van der Waals surface area contributed by atoms with E-state index in [9.17, 15) is 14.9 Å². The van der Waals surface area contributed by atoms with E-state index in [4.69, 9.17) is 11.6 Å². The molecule has 2 fully saturated rings. The van der Waals surface area contributed by atoms with Gasteiger partial charge in [0.05, 0.1) is 11.1 Å². The summed E-state index contributed by atoms with van der Waals surface area (Å²) >= 11 is 6.03. The molecule has 0 radical (unpaired) electrons. The van der Waals surface area contributed by atoms with Crippen LogP contribution in [0.2, 0.25) is 5.02 Å². The summed E-state index contributed by atoms with van der Waals surface area (Å²) < 4.78 is 0. The van der Waals surface area contributed by atoms with Crippen LogP contribution in [-0.4, -0.2) is 34.3 Å². The fraction of sp³-hybridized carbons (Fsp3) is 0.636. The topological polar surface area (TPSA) is 86.1 Å². The van der Waals surface area contributed by atoms with E-state index in [-0.39, 0.29) is 28.6 Å². The largest absolute Gasteiger partial charge is 0.333 e. The van der Waals surface area contributed by atoms with Crippen LogP contribution in [0.5, 0.6) is 0 Å². The molecule has 0 aromatic carbocycles. The van der Waals surface area contributed by atoms with Crippen molar-refractivity contribution < 1.29 is 9.59 Å². The number of fused-ring (bicyclic) bond motifs is 1. The first kappa shape index (κ1) is 21.6. The first-order valence-electron chi connectivity index (χ1n) is 9.94. The van der Waals surface area contributed by atoms with Crippen LogP contribution in [0, 0.1) is 34.0 Å². The van der Waals surface area contributed by atoms with Gasteiger partial charge in [0, 0.05) is 30.9 Å². The summed E-state index contributed by atoms with van der Waals surface area (Å²) in [6.45, 7) is 12.5. The molecule has 1 aliphatic heterocycles. The van der Waals surface area contributed by atoms with Gasteiger partial charge in [-0.25, -0.2) is 0 Å². The highest BCUT2D eigenvalue weighted by Crippen LogP contribution is 2.65. The smallest absolute Gasteiger partial charge is 0.244 e. The molecule has 2 aliphatic rings. The second kappa shape index (κ2) is 6.98. The summed E-state index contributed by atoms with van der Waals surface area (Å²) in [5.41, 5.74) is -0.918. The maximum absolute atomic E-state index is 13.4. The van der Waals surface area contributed by atoms with Crippen LogP contribution in [-0.2, 0) is 15.1 Å². The number of likely N-dealkylation sites (tertiary alicyclic amines) is 1. The lowest BCUT2D eigenvalue weighted by Gasteiger charge is -2.34. The number of amides is 2. The number of pyridine rings is 1. The monoisotopic (exact) mass is 416 g/mol. The summed E-state index contributed by atoms with van der Waals surface area (Å²) in [7, 11) is 0. The number of hydrogen-bond donors (Lipinski definition) is 1. The van der Waals surface area contributed by atoms with Crippen LogP contribution in [0.1, 0.15) is 53.5 Å². The summed E-state index contributed by atoms with van der Waals surface area (Å²) in [6, 6.07) is 3.23. The molecule has 1 saturated carbocycles. The average Bonchev–Trinajstić information content (AvgIpc) is 2.95. The van der Waals surface area contributed by atoms with E-state index < -0.39 is 11.6 Å². The van der Waals surface area contributed by atoms with E-state index in [2.05, 4.69) is 30.2 Å². The first-order valence-corrected chi connectivity index (χ1v) is 10.3. The van der Waals surface area contributed by atoms with Crippen molar-refractivity contribution in [2.45, 2.75) is 59.5 Å². The Hall–Kier alpha value is -2.13. The summed E-state index contributed by atoms with van der Waals surface area (Å²) in [5, 5.41) is 13.1. The lowest BCUT2D eigenvalue weighted by Crippen LogP contribution is -2.54. The van der Waals surface area contributed by atoms with Crippen LogP contribution >= 0.6 is 11.6 Å². The number of nitrogens with one attached hydrogen (secondary N) is 1. The molecule has 2 heterocycles. The normalized spacial score (nSPS) is 26.8. The molecule has 1 aromatic heterocycles. The van der Waals surface area contributed by atoms with Gasteiger partial charge in [-0.2, -0.15) is 5.26 Å². The van der Waals surface area contributed by atoms with Crippen LogP contribution in [0.25, 0.3) is 0 Å². The summed E-state index contributed by atoms with van der Waals surface area (Å²) in [5.74, 6) is 0.105. The van der Waals surface area contributed by atoms with Gasteiger partial charge in [0.1, 0.15) is 6.04 Å². The fourth-order valence-corrected chi connectivity index (χ4v) is 4.74. The zero-order valence-electron chi connectivity index (χ0n) is 17.9. The van der Waals surface area contributed by atoms with E-state index >= 15 is 0 Å². The van der Waals surface area contributed by atoms with E-state index in [0.717, 1.165) is 0 Å². The Labute approximate surface area is 177 Å². The molecule has 0 bridgehead atoms. The summed E-state index contributed by atoms with van der Waals surface area (Å²) in [4.78, 5) is 32.1. The van der Waals surface area contributed by atoms with Crippen LogP contribution in [0.4, 0.5) is 0 Å². The molecule has 156 valence electrons. The number of rotatable bonds is 4. The SMILES string of the molecule is CC(C)(C)CC(=O)N1C[C@H]2[C@@H]([C@H]1C(=O)NC(C)(C#N)c1cncc(Cl)c1)C2(C)C. The third-order valence-electron chi connectivity index (χ3n) is 6.36. The second-order valence-corrected chi connectivity index (χ2v) is 10.7. The van der Waals surface area contributed by atoms with Gasteiger partial charge in [-0.05, 0) is 35.7 Å². The Morgan fingerprint density at radius 3 is 2.55 bits per heavy atom. The maximum atomic E-state index is 13.4. The molecule has 3 rings (SSSR count). The van der Waals surface area contributed by atoms with E-state index in [1.807, 2.05) is 20.8 Å². The molecule has 2 amide bonds. The van der Waals surface area contributed by atoms with Crippen molar-refractivity contribution in [1.82, 2.24) is 15.2 Å². The first-order chi connectivity index (χ1) is 13.3. The van der Waals surface area contributed by atoms with E-state index in [1.54, 1.807) is 17.9 Å². The molecule has 1 aliphatic carbocycles. The van der Waals surface area contributed by atoms with Gasteiger partial charge in [0.2, 0.25) is 11.8 Å². The molecule has 6 nitrogen and oxygen atoms in total. The lowest BCUT2D eigenvalue weighted by atomic mass is 9.90. The molecule has 1 saturated heterocycles. The molecule has 29 heavy (non-hydrogen) atoms. The number of carbonyl (C=O) groups excluding carboxylic acids is 2. The Balaban J connectivity index is 1.86. The number of carbonyl (C=O) groups is 2. The van der Waals surface area contributed by atoms with Gasteiger partial charge >= 0.3 is 0 Å². The standard InChI is InChI=1S/C22H29ClN4O2/c1-20(2,3)8-16(28)27-11-15-17(21(15,4)5)18(27)19(29)26-22(6,12-24)13-7-14(23)10-25-9-13/h7,9-10,15,17-18H,8,11H2,1-6H3,(H,26,29)/t15-,17-,18-,22?/m0/s1. The van der Waals surface area contributed by atoms with Crippen molar-refractivity contribution in [3.8, 4) is 6.07 Å². The predicted octanol–water partition coefficient (Wildman–Crippen LogP) is 3.51. The number of piperidine rings is 1. The minimum Gasteiger partial charge on any atom is -0.333 e.